The van der Waals surface area contributed by atoms with Gasteiger partial charge < -0.3 is 15.1 Å². The van der Waals surface area contributed by atoms with E-state index in [0.717, 1.165) is 26.1 Å². The first kappa shape index (κ1) is 10.7. The van der Waals surface area contributed by atoms with Gasteiger partial charge in [-0.1, -0.05) is 0 Å². The summed E-state index contributed by atoms with van der Waals surface area (Å²) in [5.74, 6) is 0. The van der Waals surface area contributed by atoms with Gasteiger partial charge in [-0.05, 0) is 32.2 Å². The van der Waals surface area contributed by atoms with Gasteiger partial charge in [-0.15, -0.1) is 0 Å². The van der Waals surface area contributed by atoms with Crippen molar-refractivity contribution in [2.24, 2.45) is 0 Å². The van der Waals surface area contributed by atoms with E-state index in [1.165, 1.54) is 25.8 Å². The molecule has 2 amide bonds. The number of carbonyl (C=O) groups is 1. The summed E-state index contributed by atoms with van der Waals surface area (Å²) < 4.78 is 0. The smallest absolute Gasteiger partial charge is 0.319 e. The van der Waals surface area contributed by atoms with Crippen LogP contribution < -0.4 is 5.32 Å². The van der Waals surface area contributed by atoms with Crippen LogP contribution in [-0.2, 0) is 0 Å². The Morgan fingerprint density at radius 1 is 1.47 bits per heavy atom. The van der Waals surface area contributed by atoms with Gasteiger partial charge in [0.2, 0.25) is 0 Å². The molecule has 2 heterocycles. The van der Waals surface area contributed by atoms with Crippen molar-refractivity contribution >= 4 is 6.03 Å². The van der Waals surface area contributed by atoms with Gasteiger partial charge in [0.15, 0.2) is 0 Å². The van der Waals surface area contributed by atoms with Crippen LogP contribution in [0.15, 0.2) is 0 Å². The molecule has 4 heteroatoms. The Kier molecular flexibility index (Phi) is 3.46. The van der Waals surface area contributed by atoms with Gasteiger partial charge in [0, 0.05) is 32.7 Å². The van der Waals surface area contributed by atoms with Crippen LogP contribution >= 0.6 is 0 Å². The van der Waals surface area contributed by atoms with E-state index in [1.807, 2.05) is 11.9 Å². The van der Waals surface area contributed by atoms with E-state index >= 15 is 0 Å². The number of likely N-dealkylation sites (N-methyl/N-ethyl adjacent to an activating group) is 1. The first-order chi connectivity index (χ1) is 7.27. The molecule has 1 unspecified atom stereocenters. The van der Waals surface area contributed by atoms with Crippen molar-refractivity contribution in [1.82, 2.24) is 15.1 Å². The zero-order valence-corrected chi connectivity index (χ0v) is 9.54. The highest BCUT2D eigenvalue weighted by Crippen LogP contribution is 2.13. The average molecular weight is 211 g/mol. The Morgan fingerprint density at radius 2 is 2.33 bits per heavy atom. The van der Waals surface area contributed by atoms with Crippen molar-refractivity contribution < 1.29 is 4.79 Å². The molecule has 4 nitrogen and oxygen atoms in total. The lowest BCUT2D eigenvalue weighted by molar-refractivity contribution is 0.197. The average Bonchev–Trinajstić information content (AvgIpc) is 2.83. The second kappa shape index (κ2) is 4.84. The molecule has 2 aliphatic heterocycles. The molecule has 2 fully saturated rings. The largest absolute Gasteiger partial charge is 0.326 e. The van der Waals surface area contributed by atoms with Gasteiger partial charge in [0.05, 0.1) is 0 Å². The molecule has 0 aromatic rings. The SMILES string of the molecule is CN1CCN(CCCC2CCCN2)C1=O. The lowest BCUT2D eigenvalue weighted by atomic mass is 10.1. The van der Waals surface area contributed by atoms with Crippen molar-refractivity contribution in [2.45, 2.75) is 31.7 Å². The normalized spacial score (nSPS) is 26.7. The summed E-state index contributed by atoms with van der Waals surface area (Å²) in [6.07, 6.45) is 4.98. The summed E-state index contributed by atoms with van der Waals surface area (Å²) >= 11 is 0. The third-order valence-electron chi connectivity index (χ3n) is 3.45. The molecule has 1 atom stereocenters. The molecule has 0 saturated carbocycles. The predicted octanol–water partition coefficient (Wildman–Crippen LogP) is 0.886. The Hall–Kier alpha value is -0.770. The number of hydrogen-bond donors (Lipinski definition) is 1. The van der Waals surface area contributed by atoms with Crippen LogP contribution in [0.5, 0.6) is 0 Å². The zero-order valence-electron chi connectivity index (χ0n) is 9.54. The summed E-state index contributed by atoms with van der Waals surface area (Å²) in [5.41, 5.74) is 0. The maximum atomic E-state index is 11.6. The van der Waals surface area contributed by atoms with E-state index in [1.54, 1.807) is 4.90 Å². The highest BCUT2D eigenvalue weighted by Gasteiger charge is 2.24. The van der Waals surface area contributed by atoms with Crippen molar-refractivity contribution in [3.8, 4) is 0 Å². The molecule has 0 spiro atoms. The number of rotatable bonds is 4. The summed E-state index contributed by atoms with van der Waals surface area (Å²) in [5, 5.41) is 3.49. The molecule has 0 aromatic heterocycles. The Morgan fingerprint density at radius 3 is 2.93 bits per heavy atom. The van der Waals surface area contributed by atoms with Gasteiger partial charge in [-0.25, -0.2) is 4.79 Å². The summed E-state index contributed by atoms with van der Waals surface area (Å²) in [6.45, 7) is 3.91. The first-order valence-electron chi connectivity index (χ1n) is 6.01. The Bertz CT molecular complexity index is 226. The van der Waals surface area contributed by atoms with Gasteiger partial charge >= 0.3 is 6.03 Å². The molecular formula is C11H21N3O. The Labute approximate surface area is 91.6 Å². The van der Waals surface area contributed by atoms with Gasteiger partial charge in [0.1, 0.15) is 0 Å². The molecule has 15 heavy (non-hydrogen) atoms. The van der Waals surface area contributed by atoms with E-state index in [2.05, 4.69) is 5.32 Å². The highest BCUT2D eigenvalue weighted by atomic mass is 16.2. The van der Waals surface area contributed by atoms with Gasteiger partial charge in [-0.2, -0.15) is 0 Å². The molecular weight excluding hydrogens is 190 g/mol. The molecule has 2 saturated heterocycles. The molecule has 0 aromatic carbocycles. The summed E-state index contributed by atoms with van der Waals surface area (Å²) in [4.78, 5) is 15.3. The lowest BCUT2D eigenvalue weighted by Crippen LogP contribution is -2.31. The predicted molar refractivity (Wildman–Crippen MR) is 59.9 cm³/mol. The third kappa shape index (κ3) is 2.62. The van der Waals surface area contributed by atoms with E-state index < -0.39 is 0 Å². The third-order valence-corrected chi connectivity index (χ3v) is 3.45. The van der Waals surface area contributed by atoms with Crippen LogP contribution in [0.4, 0.5) is 4.79 Å². The summed E-state index contributed by atoms with van der Waals surface area (Å²) in [7, 11) is 1.88. The molecule has 86 valence electrons. The fourth-order valence-electron chi connectivity index (χ4n) is 2.44. The second-order valence-electron chi connectivity index (χ2n) is 4.63. The van der Waals surface area contributed by atoms with Crippen LogP contribution in [0, 0.1) is 0 Å². The van der Waals surface area contributed by atoms with E-state index in [-0.39, 0.29) is 6.03 Å². The number of carbonyl (C=O) groups excluding carboxylic acids is 1. The quantitative estimate of drug-likeness (QED) is 0.749. The minimum absolute atomic E-state index is 0.203. The van der Waals surface area contributed by atoms with Gasteiger partial charge in [-0.3, -0.25) is 0 Å². The number of nitrogens with zero attached hydrogens (tertiary/aromatic N) is 2. The van der Waals surface area contributed by atoms with Crippen LogP contribution in [0.3, 0.4) is 0 Å². The minimum atomic E-state index is 0.203. The molecule has 0 radical (unpaired) electrons. The van der Waals surface area contributed by atoms with Crippen molar-refractivity contribution in [3.63, 3.8) is 0 Å². The van der Waals surface area contributed by atoms with E-state index in [9.17, 15) is 4.79 Å². The van der Waals surface area contributed by atoms with Crippen LogP contribution in [0.25, 0.3) is 0 Å². The molecule has 2 rings (SSSR count). The van der Waals surface area contributed by atoms with E-state index in [0.29, 0.717) is 6.04 Å². The highest BCUT2D eigenvalue weighted by molar-refractivity contribution is 5.76. The molecule has 0 aliphatic carbocycles. The van der Waals surface area contributed by atoms with Gasteiger partial charge in [0.25, 0.3) is 0 Å². The van der Waals surface area contributed by atoms with Crippen molar-refractivity contribution in [1.29, 1.82) is 0 Å². The van der Waals surface area contributed by atoms with Crippen LogP contribution in [0.1, 0.15) is 25.7 Å². The van der Waals surface area contributed by atoms with Crippen molar-refractivity contribution in [2.75, 3.05) is 33.2 Å². The Balaban J connectivity index is 1.63. The topological polar surface area (TPSA) is 35.6 Å². The molecule has 0 bridgehead atoms. The summed E-state index contributed by atoms with van der Waals surface area (Å²) in [6, 6.07) is 0.912. The molecule has 1 N–H and O–H groups in total. The van der Waals surface area contributed by atoms with Crippen LogP contribution in [-0.4, -0.2) is 55.1 Å². The van der Waals surface area contributed by atoms with Crippen LogP contribution in [0.2, 0.25) is 0 Å². The fraction of sp³-hybridized carbons (Fsp3) is 0.909. The minimum Gasteiger partial charge on any atom is -0.326 e. The standard InChI is InChI=1S/C11H21N3O/c1-13-8-9-14(11(13)15)7-3-5-10-4-2-6-12-10/h10,12H,2-9H2,1H3. The second-order valence-corrected chi connectivity index (χ2v) is 4.63. The zero-order chi connectivity index (χ0) is 10.7. The number of hydrogen-bond acceptors (Lipinski definition) is 2. The maximum absolute atomic E-state index is 11.6. The fourth-order valence-corrected chi connectivity index (χ4v) is 2.44. The van der Waals surface area contributed by atoms with E-state index in [4.69, 9.17) is 0 Å². The lowest BCUT2D eigenvalue weighted by Gasteiger charge is -2.17. The first-order valence-corrected chi connectivity index (χ1v) is 6.01. The molecule has 2 aliphatic rings. The maximum Gasteiger partial charge on any atom is 0.319 e. The number of amides is 2. The van der Waals surface area contributed by atoms with Crippen molar-refractivity contribution in [3.05, 3.63) is 0 Å². The number of urea groups is 1. The monoisotopic (exact) mass is 211 g/mol. The number of nitrogens with one attached hydrogen (secondary N) is 1.